The molecule has 0 aliphatic carbocycles. The van der Waals surface area contributed by atoms with Crippen LogP contribution in [0.4, 0.5) is 4.39 Å². The zero-order valence-electron chi connectivity index (χ0n) is 12.2. The molecule has 0 aliphatic rings. The van der Waals surface area contributed by atoms with Gasteiger partial charge in [-0.2, -0.15) is 4.57 Å². The molecule has 0 spiro atoms. The molecule has 0 atom stereocenters. The van der Waals surface area contributed by atoms with Crippen LogP contribution in [-0.2, 0) is 6.54 Å². The quantitative estimate of drug-likeness (QED) is 0.537. The summed E-state index contributed by atoms with van der Waals surface area (Å²) in [7, 11) is 0. The molecule has 0 saturated carbocycles. The molecule has 0 bridgehead atoms. The number of halogens is 1. The number of carbonyl (C=O) groups excluding carboxylic acids is 1. The van der Waals surface area contributed by atoms with Crippen LogP contribution < -0.4 is 9.30 Å². The highest BCUT2D eigenvalue weighted by molar-refractivity contribution is 5.94. The number of aromatic nitrogens is 2. The Kier molecular flexibility index (Phi) is 4.38. The summed E-state index contributed by atoms with van der Waals surface area (Å²) in [6, 6.07) is 15.1. The van der Waals surface area contributed by atoms with Gasteiger partial charge >= 0.3 is 5.88 Å². The molecule has 0 radical (unpaired) electrons. The third-order valence-corrected chi connectivity index (χ3v) is 3.26. The molecule has 114 valence electrons. The minimum absolute atomic E-state index is 0.0693. The smallest absolute Gasteiger partial charge is 0.392 e. The molecule has 1 heterocycles. The number of ether oxygens (including phenoxy) is 1. The Morgan fingerprint density at radius 1 is 1.09 bits per heavy atom. The van der Waals surface area contributed by atoms with E-state index in [1.165, 1.54) is 18.3 Å². The van der Waals surface area contributed by atoms with Crippen molar-refractivity contribution in [1.29, 1.82) is 0 Å². The lowest BCUT2D eigenvalue weighted by Gasteiger charge is -2.05. The molecule has 23 heavy (non-hydrogen) atoms. The largest absolute Gasteiger partial charge is 0.401 e. The van der Waals surface area contributed by atoms with Gasteiger partial charge in [-0.3, -0.25) is 4.79 Å². The fraction of sp³-hybridized carbons (Fsp3) is 0.0556. The predicted molar refractivity (Wildman–Crippen MR) is 81.7 cm³/mol. The molecule has 1 aromatic heterocycles. The molecular formula is C18H14FN2O2+. The topological polar surface area (TPSA) is 43.1 Å². The first-order valence-corrected chi connectivity index (χ1v) is 7.08. The van der Waals surface area contributed by atoms with Gasteiger partial charge in [0.1, 0.15) is 6.20 Å². The number of hydrogen-bond donors (Lipinski definition) is 0. The Bertz CT molecular complexity index is 822. The van der Waals surface area contributed by atoms with Gasteiger partial charge in [0, 0.05) is 5.56 Å². The molecule has 0 amide bonds. The van der Waals surface area contributed by atoms with Crippen LogP contribution in [0.2, 0.25) is 0 Å². The average molecular weight is 309 g/mol. The van der Waals surface area contributed by atoms with Crippen molar-refractivity contribution in [3.05, 3.63) is 84.6 Å². The molecular weight excluding hydrogens is 295 g/mol. The van der Waals surface area contributed by atoms with Crippen LogP contribution in [0.25, 0.3) is 0 Å². The van der Waals surface area contributed by atoms with Gasteiger partial charge < -0.3 is 4.74 Å². The highest BCUT2D eigenvalue weighted by atomic mass is 19.1. The van der Waals surface area contributed by atoms with Gasteiger partial charge in [-0.25, -0.2) is 9.37 Å². The average Bonchev–Trinajstić information content (AvgIpc) is 2.59. The van der Waals surface area contributed by atoms with Gasteiger partial charge in [0.25, 0.3) is 0 Å². The fourth-order valence-corrected chi connectivity index (χ4v) is 2.10. The first-order valence-electron chi connectivity index (χ1n) is 7.08. The number of benzene rings is 2. The van der Waals surface area contributed by atoms with Crippen molar-refractivity contribution < 1.29 is 18.5 Å². The first kappa shape index (κ1) is 14.8. The number of nitrogens with zero attached hydrogens (tertiary/aromatic N) is 2. The summed E-state index contributed by atoms with van der Waals surface area (Å²) in [5.74, 6) is -0.166. The van der Waals surface area contributed by atoms with Gasteiger partial charge in [-0.05, 0) is 12.1 Å². The van der Waals surface area contributed by atoms with Crippen molar-refractivity contribution in [3.63, 3.8) is 0 Å². The summed E-state index contributed by atoms with van der Waals surface area (Å²) in [6.07, 6.45) is 4.62. The molecule has 0 N–H and O–H groups in total. The van der Waals surface area contributed by atoms with E-state index in [9.17, 15) is 9.18 Å². The summed E-state index contributed by atoms with van der Waals surface area (Å²) < 4.78 is 20.9. The van der Waals surface area contributed by atoms with Crippen LogP contribution in [0, 0.1) is 5.82 Å². The second kappa shape index (κ2) is 6.79. The van der Waals surface area contributed by atoms with Gasteiger partial charge in [0.2, 0.25) is 12.3 Å². The summed E-state index contributed by atoms with van der Waals surface area (Å²) in [4.78, 5) is 16.3. The molecule has 0 saturated heterocycles. The highest BCUT2D eigenvalue weighted by Gasteiger charge is 2.19. The van der Waals surface area contributed by atoms with Crippen molar-refractivity contribution in [2.75, 3.05) is 0 Å². The zero-order valence-corrected chi connectivity index (χ0v) is 12.2. The van der Waals surface area contributed by atoms with Crippen LogP contribution >= 0.6 is 0 Å². The SMILES string of the molecule is O=C(C[n+]1ccncc1Oc1ccccc1F)c1ccccc1. The van der Waals surface area contributed by atoms with Crippen LogP contribution in [0.1, 0.15) is 10.4 Å². The van der Waals surface area contributed by atoms with Gasteiger partial charge in [-0.1, -0.05) is 42.5 Å². The lowest BCUT2D eigenvalue weighted by Crippen LogP contribution is -2.39. The lowest BCUT2D eigenvalue weighted by molar-refractivity contribution is -0.687. The number of rotatable bonds is 5. The maximum atomic E-state index is 13.7. The van der Waals surface area contributed by atoms with Gasteiger partial charge in [0.15, 0.2) is 17.8 Å². The highest BCUT2D eigenvalue weighted by Crippen LogP contribution is 2.20. The van der Waals surface area contributed by atoms with E-state index in [2.05, 4.69) is 4.98 Å². The van der Waals surface area contributed by atoms with E-state index in [1.807, 2.05) is 6.07 Å². The van der Waals surface area contributed by atoms with Crippen molar-refractivity contribution in [3.8, 4) is 11.6 Å². The van der Waals surface area contributed by atoms with Gasteiger partial charge in [-0.15, -0.1) is 0 Å². The molecule has 3 rings (SSSR count). The third-order valence-electron chi connectivity index (χ3n) is 3.26. The van der Waals surface area contributed by atoms with E-state index in [-0.39, 0.29) is 18.1 Å². The van der Waals surface area contributed by atoms with Crippen LogP contribution in [0.15, 0.2) is 73.2 Å². The number of ketones is 1. The van der Waals surface area contributed by atoms with Crippen LogP contribution in [0.3, 0.4) is 0 Å². The number of Topliss-reactive ketones (excluding diaryl/α,β-unsaturated/α-hetero) is 1. The fourth-order valence-electron chi connectivity index (χ4n) is 2.10. The number of carbonyl (C=O) groups is 1. The van der Waals surface area contributed by atoms with E-state index < -0.39 is 5.82 Å². The third kappa shape index (κ3) is 3.58. The van der Waals surface area contributed by atoms with E-state index >= 15 is 0 Å². The Morgan fingerprint density at radius 2 is 1.83 bits per heavy atom. The predicted octanol–water partition coefficient (Wildman–Crippen LogP) is 3.18. The standard InChI is InChI=1S/C18H14FN2O2/c19-15-8-4-5-9-17(15)23-18-12-20-10-11-21(18)13-16(22)14-6-2-1-3-7-14/h1-12H,13H2/q+1. The van der Waals surface area contributed by atoms with Gasteiger partial charge in [0.05, 0.1) is 6.20 Å². The number of hydrogen-bond acceptors (Lipinski definition) is 3. The molecule has 0 fully saturated rings. The van der Waals surface area contributed by atoms with Crippen molar-refractivity contribution in [2.24, 2.45) is 0 Å². The Hall–Kier alpha value is -3.08. The monoisotopic (exact) mass is 309 g/mol. The molecule has 3 aromatic rings. The molecule has 5 heteroatoms. The minimum atomic E-state index is -0.475. The summed E-state index contributed by atoms with van der Waals surface area (Å²) in [6.45, 7) is 0.0797. The summed E-state index contributed by atoms with van der Waals surface area (Å²) >= 11 is 0. The van der Waals surface area contributed by atoms with E-state index in [1.54, 1.807) is 53.4 Å². The molecule has 0 aliphatic heterocycles. The van der Waals surface area contributed by atoms with E-state index in [0.717, 1.165) is 0 Å². The maximum Gasteiger partial charge on any atom is 0.392 e. The van der Waals surface area contributed by atoms with Crippen molar-refractivity contribution >= 4 is 5.78 Å². The zero-order chi connectivity index (χ0) is 16.1. The maximum absolute atomic E-state index is 13.7. The van der Waals surface area contributed by atoms with Crippen LogP contribution in [-0.4, -0.2) is 10.8 Å². The second-order valence-corrected chi connectivity index (χ2v) is 4.86. The van der Waals surface area contributed by atoms with E-state index in [0.29, 0.717) is 11.4 Å². The Labute approximate surface area is 132 Å². The molecule has 0 unspecified atom stereocenters. The number of para-hydroxylation sites is 1. The first-order chi connectivity index (χ1) is 11.2. The van der Waals surface area contributed by atoms with Crippen molar-refractivity contribution in [1.82, 2.24) is 4.98 Å². The van der Waals surface area contributed by atoms with Crippen molar-refractivity contribution in [2.45, 2.75) is 6.54 Å². The molecule has 4 nitrogen and oxygen atoms in total. The second-order valence-electron chi connectivity index (χ2n) is 4.86. The lowest BCUT2D eigenvalue weighted by atomic mass is 10.1. The Balaban J connectivity index is 1.84. The minimum Gasteiger partial charge on any atom is -0.401 e. The summed E-state index contributed by atoms with van der Waals surface area (Å²) in [5.41, 5.74) is 0.605. The summed E-state index contributed by atoms with van der Waals surface area (Å²) in [5, 5.41) is 0. The van der Waals surface area contributed by atoms with Crippen LogP contribution in [0.5, 0.6) is 11.6 Å². The normalized spacial score (nSPS) is 10.3. The molecule has 2 aromatic carbocycles. The van der Waals surface area contributed by atoms with E-state index in [4.69, 9.17) is 4.74 Å². The Morgan fingerprint density at radius 3 is 2.61 bits per heavy atom.